The van der Waals surface area contributed by atoms with E-state index in [0.29, 0.717) is 6.61 Å². The van der Waals surface area contributed by atoms with E-state index in [1.165, 1.54) is 0 Å². The van der Waals surface area contributed by atoms with Crippen LogP contribution in [0.3, 0.4) is 0 Å². The van der Waals surface area contributed by atoms with Gasteiger partial charge in [0.15, 0.2) is 0 Å². The fraction of sp³-hybridized carbons (Fsp3) is 0.353. The van der Waals surface area contributed by atoms with Gasteiger partial charge in [0.2, 0.25) is 0 Å². The summed E-state index contributed by atoms with van der Waals surface area (Å²) >= 11 is 0. The molecule has 4 nitrogen and oxygen atoms in total. The first-order valence-electron chi connectivity index (χ1n) is 7.18. The minimum atomic E-state index is 0.120. The lowest BCUT2D eigenvalue weighted by atomic mass is 10.0. The smallest absolute Gasteiger partial charge is 0.130 e. The summed E-state index contributed by atoms with van der Waals surface area (Å²) < 4.78 is 11.2. The first-order chi connectivity index (χ1) is 10.2. The number of nitrogens with two attached hydrogens (primary N) is 1. The molecule has 1 heterocycles. The third-order valence-electron chi connectivity index (χ3n) is 3.38. The number of rotatable bonds is 7. The van der Waals surface area contributed by atoms with Crippen LogP contribution in [0.4, 0.5) is 0 Å². The maximum Gasteiger partial charge on any atom is 0.130 e. The molecule has 2 N–H and O–H groups in total. The summed E-state index contributed by atoms with van der Waals surface area (Å²) in [5, 5.41) is 0. The van der Waals surface area contributed by atoms with Crippen LogP contribution >= 0.6 is 0 Å². The quantitative estimate of drug-likeness (QED) is 0.850. The molecule has 1 aromatic carbocycles. The van der Waals surface area contributed by atoms with Crippen molar-refractivity contribution in [1.29, 1.82) is 0 Å². The van der Waals surface area contributed by atoms with E-state index in [2.05, 4.69) is 11.9 Å². The zero-order valence-corrected chi connectivity index (χ0v) is 12.6. The lowest BCUT2D eigenvalue weighted by molar-refractivity contribution is 0.296. The average molecular weight is 286 g/mol. The summed E-state index contributed by atoms with van der Waals surface area (Å²) in [6, 6.07) is 11.7. The molecule has 4 heteroatoms. The van der Waals surface area contributed by atoms with E-state index in [9.17, 15) is 0 Å². The molecule has 0 saturated heterocycles. The van der Waals surface area contributed by atoms with Crippen molar-refractivity contribution < 1.29 is 9.47 Å². The molecular weight excluding hydrogens is 264 g/mol. The van der Waals surface area contributed by atoms with Gasteiger partial charge in [-0.15, -0.1) is 0 Å². The summed E-state index contributed by atoms with van der Waals surface area (Å²) in [6.45, 7) is 2.53. The Kier molecular flexibility index (Phi) is 5.58. The molecule has 0 saturated carbocycles. The summed E-state index contributed by atoms with van der Waals surface area (Å²) in [4.78, 5) is 4.26. The summed E-state index contributed by atoms with van der Waals surface area (Å²) in [7, 11) is 1.66. The van der Waals surface area contributed by atoms with E-state index in [-0.39, 0.29) is 6.04 Å². The molecule has 1 aromatic heterocycles. The molecule has 0 bridgehead atoms. The lowest BCUT2D eigenvalue weighted by Gasteiger charge is -2.15. The number of pyridine rings is 1. The van der Waals surface area contributed by atoms with E-state index in [4.69, 9.17) is 15.2 Å². The number of benzene rings is 1. The molecule has 2 aromatic rings. The molecule has 0 aliphatic carbocycles. The Morgan fingerprint density at radius 1 is 1.24 bits per heavy atom. The molecule has 1 atom stereocenters. The van der Waals surface area contributed by atoms with Crippen molar-refractivity contribution in [2.75, 3.05) is 7.11 Å². The first-order valence-corrected chi connectivity index (χ1v) is 7.18. The monoisotopic (exact) mass is 286 g/mol. The highest BCUT2D eigenvalue weighted by atomic mass is 16.5. The van der Waals surface area contributed by atoms with Gasteiger partial charge in [-0.05, 0) is 48.7 Å². The van der Waals surface area contributed by atoms with Crippen LogP contribution in [0.25, 0.3) is 0 Å². The zero-order valence-electron chi connectivity index (χ0n) is 12.6. The van der Waals surface area contributed by atoms with Crippen LogP contribution in [-0.2, 0) is 13.0 Å². The van der Waals surface area contributed by atoms with Crippen molar-refractivity contribution in [3.63, 3.8) is 0 Å². The maximum absolute atomic E-state index is 6.06. The fourth-order valence-electron chi connectivity index (χ4n) is 2.05. The SMILES string of the molecule is CCC(N)Cc1cc(OC)ccc1OCc1ccccn1. The Hall–Kier alpha value is -2.07. The van der Waals surface area contributed by atoms with Gasteiger partial charge in [0.25, 0.3) is 0 Å². The summed E-state index contributed by atoms with van der Waals surface area (Å²) in [6.07, 6.45) is 3.46. The number of ether oxygens (including phenoxy) is 2. The number of aromatic nitrogens is 1. The van der Waals surface area contributed by atoms with Crippen molar-refractivity contribution in [1.82, 2.24) is 4.98 Å². The van der Waals surface area contributed by atoms with Crippen LogP contribution in [0.15, 0.2) is 42.6 Å². The maximum atomic E-state index is 6.06. The topological polar surface area (TPSA) is 57.4 Å². The lowest BCUT2D eigenvalue weighted by Crippen LogP contribution is -2.21. The van der Waals surface area contributed by atoms with E-state index in [1.54, 1.807) is 13.3 Å². The molecule has 112 valence electrons. The fourth-order valence-corrected chi connectivity index (χ4v) is 2.05. The standard InChI is InChI=1S/C17H22N2O2/c1-3-14(18)10-13-11-16(20-2)7-8-17(13)21-12-15-6-4-5-9-19-15/h4-9,11,14H,3,10,12,18H2,1-2H3. The highest BCUT2D eigenvalue weighted by Crippen LogP contribution is 2.26. The second-order valence-electron chi connectivity index (χ2n) is 4.96. The van der Waals surface area contributed by atoms with E-state index in [1.807, 2.05) is 36.4 Å². The molecule has 0 aliphatic rings. The van der Waals surface area contributed by atoms with E-state index in [0.717, 1.165) is 35.6 Å². The zero-order chi connectivity index (χ0) is 15.1. The highest BCUT2D eigenvalue weighted by molar-refractivity contribution is 5.41. The number of nitrogens with zero attached hydrogens (tertiary/aromatic N) is 1. The van der Waals surface area contributed by atoms with Crippen LogP contribution in [0.5, 0.6) is 11.5 Å². The molecule has 0 aliphatic heterocycles. The molecule has 0 spiro atoms. The predicted octanol–water partition coefficient (Wildman–Crippen LogP) is 2.95. The summed E-state index contributed by atoms with van der Waals surface area (Å²) in [5.41, 5.74) is 8.03. The third kappa shape index (κ3) is 4.46. The van der Waals surface area contributed by atoms with Gasteiger partial charge in [0, 0.05) is 12.2 Å². The average Bonchev–Trinajstić information content (AvgIpc) is 2.54. The second kappa shape index (κ2) is 7.64. The normalized spacial score (nSPS) is 12.0. The van der Waals surface area contributed by atoms with Crippen molar-refractivity contribution in [2.45, 2.75) is 32.4 Å². The van der Waals surface area contributed by atoms with Gasteiger partial charge in [0.05, 0.1) is 12.8 Å². The molecule has 2 rings (SSSR count). The van der Waals surface area contributed by atoms with E-state index >= 15 is 0 Å². The number of hydrogen-bond acceptors (Lipinski definition) is 4. The van der Waals surface area contributed by atoms with Gasteiger partial charge in [-0.2, -0.15) is 0 Å². The first kappa shape index (κ1) is 15.3. The van der Waals surface area contributed by atoms with Gasteiger partial charge >= 0.3 is 0 Å². The number of hydrogen-bond donors (Lipinski definition) is 1. The minimum Gasteiger partial charge on any atom is -0.497 e. The molecular formula is C17H22N2O2. The van der Waals surface area contributed by atoms with Crippen LogP contribution in [0.1, 0.15) is 24.6 Å². The highest BCUT2D eigenvalue weighted by Gasteiger charge is 2.10. The summed E-state index contributed by atoms with van der Waals surface area (Å²) in [5.74, 6) is 1.66. The Bertz CT molecular complexity index is 558. The minimum absolute atomic E-state index is 0.120. The van der Waals surface area contributed by atoms with Crippen LogP contribution < -0.4 is 15.2 Å². The Labute approximate surface area is 125 Å². The Morgan fingerprint density at radius 2 is 2.10 bits per heavy atom. The van der Waals surface area contributed by atoms with Crippen LogP contribution in [-0.4, -0.2) is 18.1 Å². The Balaban J connectivity index is 2.13. The van der Waals surface area contributed by atoms with Crippen LogP contribution in [0, 0.1) is 0 Å². The number of methoxy groups -OCH3 is 1. The largest absolute Gasteiger partial charge is 0.497 e. The second-order valence-corrected chi connectivity index (χ2v) is 4.96. The Morgan fingerprint density at radius 3 is 2.76 bits per heavy atom. The van der Waals surface area contributed by atoms with Crippen molar-refractivity contribution in [3.05, 3.63) is 53.9 Å². The van der Waals surface area contributed by atoms with Crippen molar-refractivity contribution in [3.8, 4) is 11.5 Å². The molecule has 0 fully saturated rings. The van der Waals surface area contributed by atoms with Crippen molar-refractivity contribution in [2.24, 2.45) is 5.73 Å². The molecule has 0 amide bonds. The van der Waals surface area contributed by atoms with Gasteiger partial charge in [-0.1, -0.05) is 13.0 Å². The van der Waals surface area contributed by atoms with Gasteiger partial charge in [-0.3, -0.25) is 4.98 Å². The van der Waals surface area contributed by atoms with E-state index < -0.39 is 0 Å². The predicted molar refractivity (Wildman–Crippen MR) is 83.5 cm³/mol. The third-order valence-corrected chi connectivity index (χ3v) is 3.38. The van der Waals surface area contributed by atoms with Gasteiger partial charge in [-0.25, -0.2) is 0 Å². The van der Waals surface area contributed by atoms with Crippen LogP contribution in [0.2, 0.25) is 0 Å². The molecule has 21 heavy (non-hydrogen) atoms. The molecule has 0 radical (unpaired) electrons. The van der Waals surface area contributed by atoms with Gasteiger partial charge in [0.1, 0.15) is 18.1 Å². The van der Waals surface area contributed by atoms with Crippen molar-refractivity contribution >= 4 is 0 Å². The molecule has 1 unspecified atom stereocenters. The van der Waals surface area contributed by atoms with Gasteiger partial charge < -0.3 is 15.2 Å².